The molecular weight excluding hydrogens is 388 g/mol. The molecule has 6 nitrogen and oxygen atoms in total. The van der Waals surface area contributed by atoms with Crippen molar-refractivity contribution in [1.82, 2.24) is 14.8 Å². The third-order valence-corrected chi connectivity index (χ3v) is 5.72. The summed E-state index contributed by atoms with van der Waals surface area (Å²) in [6.07, 6.45) is 2.19. The monoisotopic (exact) mass is 406 g/mol. The SMILES string of the molecule is COc1cccc(C2C3=C(CCCC3=O)Nc3nc(-c4ccccc4Cl)nn32)c1. The highest BCUT2D eigenvalue weighted by molar-refractivity contribution is 6.33. The Morgan fingerprint density at radius 3 is 2.86 bits per heavy atom. The van der Waals surface area contributed by atoms with Gasteiger partial charge in [0.2, 0.25) is 5.95 Å². The summed E-state index contributed by atoms with van der Waals surface area (Å²) in [4.78, 5) is 17.6. The van der Waals surface area contributed by atoms with Gasteiger partial charge in [0.1, 0.15) is 11.8 Å². The van der Waals surface area contributed by atoms with E-state index in [1.54, 1.807) is 11.8 Å². The molecule has 2 aliphatic rings. The molecule has 1 aromatic heterocycles. The van der Waals surface area contributed by atoms with Crippen LogP contribution in [-0.2, 0) is 4.79 Å². The van der Waals surface area contributed by atoms with Crippen LogP contribution in [0.2, 0.25) is 5.02 Å². The van der Waals surface area contributed by atoms with E-state index >= 15 is 0 Å². The summed E-state index contributed by atoms with van der Waals surface area (Å²) in [7, 11) is 1.63. The molecule has 0 fully saturated rings. The summed E-state index contributed by atoms with van der Waals surface area (Å²) in [6.45, 7) is 0. The fraction of sp³-hybridized carbons (Fsp3) is 0.227. The second-order valence-corrected chi connectivity index (χ2v) is 7.56. The standard InChI is InChI=1S/C22H19ClN4O2/c1-29-14-7-4-6-13(12-14)20-19-17(10-5-11-18(19)28)24-22-25-21(26-27(20)22)15-8-2-3-9-16(15)23/h2-4,6-9,12,20H,5,10-11H2,1H3,(H,24,25,26). The molecule has 1 unspecified atom stereocenters. The molecule has 1 atom stereocenters. The lowest BCUT2D eigenvalue weighted by Crippen LogP contribution is -2.31. The van der Waals surface area contributed by atoms with Crippen molar-refractivity contribution in [3.8, 4) is 17.1 Å². The number of fused-ring (bicyclic) bond motifs is 1. The van der Waals surface area contributed by atoms with Gasteiger partial charge < -0.3 is 10.1 Å². The highest BCUT2D eigenvalue weighted by atomic mass is 35.5. The Kier molecular flexibility index (Phi) is 4.36. The maximum Gasteiger partial charge on any atom is 0.226 e. The molecule has 146 valence electrons. The Balaban J connectivity index is 1.70. The molecule has 5 rings (SSSR count). The topological polar surface area (TPSA) is 69.0 Å². The lowest BCUT2D eigenvalue weighted by molar-refractivity contribution is -0.116. The number of allylic oxidation sites excluding steroid dienone is 2. The third-order valence-electron chi connectivity index (χ3n) is 5.39. The number of nitrogens with one attached hydrogen (secondary N) is 1. The van der Waals surface area contributed by atoms with E-state index in [-0.39, 0.29) is 11.8 Å². The van der Waals surface area contributed by atoms with Crippen LogP contribution in [0.4, 0.5) is 5.95 Å². The summed E-state index contributed by atoms with van der Waals surface area (Å²) >= 11 is 6.37. The first kappa shape index (κ1) is 17.9. The lowest BCUT2D eigenvalue weighted by atomic mass is 9.85. The summed E-state index contributed by atoms with van der Waals surface area (Å²) < 4.78 is 7.19. The number of methoxy groups -OCH3 is 1. The van der Waals surface area contributed by atoms with Crippen molar-refractivity contribution in [2.24, 2.45) is 0 Å². The normalized spacial score (nSPS) is 18.1. The number of aromatic nitrogens is 3. The molecule has 7 heteroatoms. The predicted octanol–water partition coefficient (Wildman–Crippen LogP) is 4.63. The third kappa shape index (κ3) is 3.00. The van der Waals surface area contributed by atoms with E-state index in [1.165, 1.54) is 0 Å². The number of hydrogen-bond donors (Lipinski definition) is 1. The Morgan fingerprint density at radius 2 is 2.03 bits per heavy atom. The van der Waals surface area contributed by atoms with Crippen LogP contribution in [-0.4, -0.2) is 27.7 Å². The van der Waals surface area contributed by atoms with E-state index in [2.05, 4.69) is 5.32 Å². The van der Waals surface area contributed by atoms with Crippen LogP contribution in [0.25, 0.3) is 11.4 Å². The smallest absolute Gasteiger partial charge is 0.226 e. The average Bonchev–Trinajstić information content (AvgIpc) is 3.16. The minimum atomic E-state index is -0.354. The number of halogens is 1. The first-order valence-corrected chi connectivity index (χ1v) is 9.92. The molecule has 3 aromatic rings. The van der Waals surface area contributed by atoms with Gasteiger partial charge in [-0.05, 0) is 42.7 Å². The number of ketones is 1. The number of benzene rings is 2. The zero-order chi connectivity index (χ0) is 20.0. The molecule has 29 heavy (non-hydrogen) atoms. The van der Waals surface area contributed by atoms with Gasteiger partial charge in [0, 0.05) is 23.3 Å². The fourth-order valence-electron chi connectivity index (χ4n) is 4.03. The molecule has 0 bridgehead atoms. The molecule has 1 N–H and O–H groups in total. The van der Waals surface area contributed by atoms with Crippen molar-refractivity contribution in [2.75, 3.05) is 12.4 Å². The zero-order valence-electron chi connectivity index (χ0n) is 15.9. The van der Waals surface area contributed by atoms with Gasteiger partial charge in [-0.1, -0.05) is 35.9 Å². The number of Topliss-reactive ketones (excluding diaryl/α,β-unsaturated/α-hetero) is 1. The van der Waals surface area contributed by atoms with Gasteiger partial charge in [0.25, 0.3) is 0 Å². The van der Waals surface area contributed by atoms with Crippen LogP contribution < -0.4 is 10.1 Å². The fourth-order valence-corrected chi connectivity index (χ4v) is 4.25. The molecule has 0 saturated carbocycles. The highest BCUT2D eigenvalue weighted by Crippen LogP contribution is 2.41. The number of carbonyl (C=O) groups is 1. The first-order valence-electron chi connectivity index (χ1n) is 9.54. The Morgan fingerprint density at radius 1 is 1.17 bits per heavy atom. The van der Waals surface area contributed by atoms with Gasteiger partial charge in [-0.25, -0.2) is 4.68 Å². The largest absolute Gasteiger partial charge is 0.497 e. The second-order valence-electron chi connectivity index (χ2n) is 7.16. The Bertz CT molecular complexity index is 1150. The summed E-state index contributed by atoms with van der Waals surface area (Å²) in [5, 5.41) is 8.68. The molecule has 0 radical (unpaired) electrons. The molecular formula is C22H19ClN4O2. The maximum atomic E-state index is 12.9. The molecule has 1 aliphatic carbocycles. The molecule has 1 aliphatic heterocycles. The predicted molar refractivity (Wildman–Crippen MR) is 111 cm³/mol. The number of rotatable bonds is 3. The van der Waals surface area contributed by atoms with Crippen molar-refractivity contribution < 1.29 is 9.53 Å². The quantitative estimate of drug-likeness (QED) is 0.686. The van der Waals surface area contributed by atoms with Crippen LogP contribution in [0, 0.1) is 0 Å². The zero-order valence-corrected chi connectivity index (χ0v) is 16.6. The molecule has 0 saturated heterocycles. The second kappa shape index (κ2) is 7.04. The van der Waals surface area contributed by atoms with E-state index in [0.29, 0.717) is 23.2 Å². The average molecular weight is 407 g/mol. The molecule has 2 heterocycles. The molecule has 2 aromatic carbocycles. The van der Waals surface area contributed by atoms with Gasteiger partial charge in [0.15, 0.2) is 11.6 Å². The van der Waals surface area contributed by atoms with Crippen molar-refractivity contribution in [3.63, 3.8) is 0 Å². The van der Waals surface area contributed by atoms with Gasteiger partial charge in [-0.2, -0.15) is 4.98 Å². The van der Waals surface area contributed by atoms with Crippen molar-refractivity contribution in [2.45, 2.75) is 25.3 Å². The van der Waals surface area contributed by atoms with Crippen LogP contribution in [0.1, 0.15) is 30.9 Å². The van der Waals surface area contributed by atoms with E-state index in [1.807, 2.05) is 48.5 Å². The summed E-state index contributed by atoms with van der Waals surface area (Å²) in [5.41, 5.74) is 3.38. The van der Waals surface area contributed by atoms with Crippen molar-refractivity contribution >= 4 is 23.3 Å². The number of nitrogens with zero attached hydrogens (tertiary/aromatic N) is 3. The lowest BCUT2D eigenvalue weighted by Gasteiger charge is -2.32. The van der Waals surface area contributed by atoms with Crippen LogP contribution in [0.3, 0.4) is 0 Å². The molecule has 0 amide bonds. The van der Waals surface area contributed by atoms with Gasteiger partial charge >= 0.3 is 0 Å². The highest BCUT2D eigenvalue weighted by Gasteiger charge is 2.37. The van der Waals surface area contributed by atoms with E-state index in [9.17, 15) is 4.79 Å². The van der Waals surface area contributed by atoms with E-state index < -0.39 is 0 Å². The van der Waals surface area contributed by atoms with Crippen LogP contribution in [0.5, 0.6) is 5.75 Å². The first-order chi connectivity index (χ1) is 14.2. The van der Waals surface area contributed by atoms with Gasteiger partial charge in [0.05, 0.1) is 12.1 Å². The number of anilines is 1. The van der Waals surface area contributed by atoms with Crippen LogP contribution >= 0.6 is 11.6 Å². The van der Waals surface area contributed by atoms with Gasteiger partial charge in [-0.3, -0.25) is 4.79 Å². The Hall–Kier alpha value is -3.12. The number of ether oxygens (including phenoxy) is 1. The number of carbonyl (C=O) groups excluding carboxylic acids is 1. The summed E-state index contributed by atoms with van der Waals surface area (Å²) in [5.74, 6) is 2.02. The van der Waals surface area contributed by atoms with E-state index in [4.69, 9.17) is 26.4 Å². The van der Waals surface area contributed by atoms with Crippen LogP contribution in [0.15, 0.2) is 59.8 Å². The van der Waals surface area contributed by atoms with E-state index in [0.717, 1.165) is 41.0 Å². The number of hydrogen-bond acceptors (Lipinski definition) is 5. The molecule has 0 spiro atoms. The van der Waals surface area contributed by atoms with Gasteiger partial charge in [-0.15, -0.1) is 5.10 Å². The maximum absolute atomic E-state index is 12.9. The minimum absolute atomic E-state index is 0.145. The van der Waals surface area contributed by atoms with Crippen molar-refractivity contribution in [3.05, 3.63) is 70.4 Å². The van der Waals surface area contributed by atoms with Crippen molar-refractivity contribution in [1.29, 1.82) is 0 Å². The minimum Gasteiger partial charge on any atom is -0.497 e. The Labute approximate surface area is 173 Å². The summed E-state index contributed by atoms with van der Waals surface area (Å²) in [6, 6.07) is 14.9.